The molecule has 164 valence electrons. The van der Waals surface area contributed by atoms with Gasteiger partial charge in [0.25, 0.3) is 0 Å². The van der Waals surface area contributed by atoms with Crippen LogP contribution < -0.4 is 0 Å². The van der Waals surface area contributed by atoms with Crippen molar-refractivity contribution in [2.45, 2.75) is 79.1 Å². The summed E-state index contributed by atoms with van der Waals surface area (Å²) in [6.45, 7) is 13.3. The third kappa shape index (κ3) is 3.50. The molecule has 0 amide bonds. The summed E-state index contributed by atoms with van der Waals surface area (Å²) in [5.41, 5.74) is 10.4. The molecule has 0 N–H and O–H groups in total. The highest BCUT2D eigenvalue weighted by Gasteiger charge is 2.23. The number of aromatic nitrogens is 2. The summed E-state index contributed by atoms with van der Waals surface area (Å²) in [7, 11) is 0. The SMILES string of the molecule is Cc1cc(C)cc(-c2nc(C(C)C)nc3c2ccc2cc(C)c(C4CCCC4)c(C)c23)c1. The average Bonchev–Trinajstić information content (AvgIpc) is 3.25. The van der Waals surface area contributed by atoms with E-state index in [4.69, 9.17) is 9.97 Å². The number of nitrogens with zero attached hydrogens (tertiary/aromatic N) is 2. The topological polar surface area (TPSA) is 25.8 Å². The van der Waals surface area contributed by atoms with E-state index < -0.39 is 0 Å². The lowest BCUT2D eigenvalue weighted by molar-refractivity contribution is 0.714. The summed E-state index contributed by atoms with van der Waals surface area (Å²) in [6, 6.07) is 13.7. The molecule has 0 aliphatic heterocycles. The molecule has 1 fully saturated rings. The molecule has 1 aromatic heterocycles. The van der Waals surface area contributed by atoms with Crippen molar-refractivity contribution in [3.63, 3.8) is 0 Å². The Morgan fingerprint density at radius 2 is 1.53 bits per heavy atom. The summed E-state index contributed by atoms with van der Waals surface area (Å²) in [6.07, 6.45) is 5.34. The first-order valence-corrected chi connectivity index (χ1v) is 12.2. The second-order valence-electron chi connectivity index (χ2n) is 10.2. The molecule has 4 aromatic rings. The van der Waals surface area contributed by atoms with Crippen LogP contribution >= 0.6 is 0 Å². The first kappa shape index (κ1) is 21.1. The minimum Gasteiger partial charge on any atom is -0.232 e. The van der Waals surface area contributed by atoms with Gasteiger partial charge in [-0.2, -0.15) is 0 Å². The van der Waals surface area contributed by atoms with Crippen LogP contribution in [0.25, 0.3) is 32.9 Å². The number of aryl methyl sites for hydroxylation is 4. The van der Waals surface area contributed by atoms with Gasteiger partial charge >= 0.3 is 0 Å². The van der Waals surface area contributed by atoms with Crippen molar-refractivity contribution in [1.82, 2.24) is 9.97 Å². The minimum atomic E-state index is 0.277. The molecule has 0 bridgehead atoms. The molecule has 0 radical (unpaired) electrons. The Morgan fingerprint density at radius 1 is 0.844 bits per heavy atom. The van der Waals surface area contributed by atoms with E-state index >= 15 is 0 Å². The second-order valence-corrected chi connectivity index (χ2v) is 10.2. The normalized spacial score (nSPS) is 14.8. The maximum atomic E-state index is 5.18. The summed E-state index contributed by atoms with van der Waals surface area (Å²) in [5, 5.41) is 3.79. The van der Waals surface area contributed by atoms with Crippen LogP contribution in [0.3, 0.4) is 0 Å². The van der Waals surface area contributed by atoms with Crippen molar-refractivity contribution in [1.29, 1.82) is 0 Å². The first-order valence-electron chi connectivity index (χ1n) is 12.2. The van der Waals surface area contributed by atoms with E-state index in [9.17, 15) is 0 Å². The number of benzene rings is 3. The van der Waals surface area contributed by atoms with Gasteiger partial charge < -0.3 is 0 Å². The third-order valence-electron chi connectivity index (χ3n) is 7.27. The van der Waals surface area contributed by atoms with E-state index in [1.54, 1.807) is 5.56 Å². The lowest BCUT2D eigenvalue weighted by Gasteiger charge is -2.20. The zero-order valence-electron chi connectivity index (χ0n) is 20.3. The van der Waals surface area contributed by atoms with Crippen molar-refractivity contribution in [2.75, 3.05) is 0 Å². The highest BCUT2D eigenvalue weighted by molar-refractivity contribution is 6.11. The Labute approximate surface area is 192 Å². The largest absolute Gasteiger partial charge is 0.232 e. The molecule has 1 saturated carbocycles. The maximum Gasteiger partial charge on any atom is 0.132 e. The van der Waals surface area contributed by atoms with Gasteiger partial charge in [-0.3, -0.25) is 0 Å². The fourth-order valence-electron chi connectivity index (χ4n) is 5.92. The monoisotopic (exact) mass is 422 g/mol. The van der Waals surface area contributed by atoms with Gasteiger partial charge in [-0.05, 0) is 86.7 Å². The van der Waals surface area contributed by atoms with Crippen LogP contribution in [0.15, 0.2) is 36.4 Å². The Hall–Kier alpha value is -2.74. The van der Waals surface area contributed by atoms with Gasteiger partial charge in [-0.25, -0.2) is 9.97 Å². The van der Waals surface area contributed by atoms with E-state index in [1.165, 1.54) is 64.3 Å². The highest BCUT2D eigenvalue weighted by atomic mass is 14.9. The van der Waals surface area contributed by atoms with Gasteiger partial charge in [-0.15, -0.1) is 0 Å². The zero-order valence-corrected chi connectivity index (χ0v) is 20.3. The molecule has 0 unspecified atom stereocenters. The van der Waals surface area contributed by atoms with Gasteiger partial charge in [-0.1, -0.05) is 56.0 Å². The van der Waals surface area contributed by atoms with Crippen molar-refractivity contribution < 1.29 is 0 Å². The first-order chi connectivity index (χ1) is 15.3. The van der Waals surface area contributed by atoms with E-state index in [0.717, 1.165) is 22.4 Å². The van der Waals surface area contributed by atoms with E-state index in [0.29, 0.717) is 5.92 Å². The van der Waals surface area contributed by atoms with E-state index in [1.807, 2.05) is 0 Å². The van der Waals surface area contributed by atoms with Crippen LogP contribution in [0.4, 0.5) is 0 Å². The smallest absolute Gasteiger partial charge is 0.132 e. The van der Waals surface area contributed by atoms with Gasteiger partial charge in [0.15, 0.2) is 0 Å². The molecule has 32 heavy (non-hydrogen) atoms. The third-order valence-corrected chi connectivity index (χ3v) is 7.27. The predicted octanol–water partition coefficient (Wildman–Crippen LogP) is 8.46. The molecular weight excluding hydrogens is 388 g/mol. The van der Waals surface area contributed by atoms with E-state index in [-0.39, 0.29) is 5.92 Å². The molecule has 1 aliphatic carbocycles. The van der Waals surface area contributed by atoms with Crippen molar-refractivity contribution in [3.05, 3.63) is 70.0 Å². The van der Waals surface area contributed by atoms with Gasteiger partial charge in [0.2, 0.25) is 0 Å². The lowest BCUT2D eigenvalue weighted by atomic mass is 9.85. The number of rotatable bonds is 3. The van der Waals surface area contributed by atoms with Crippen LogP contribution in [0.2, 0.25) is 0 Å². The molecule has 0 saturated heterocycles. The summed E-state index contributed by atoms with van der Waals surface area (Å²) in [4.78, 5) is 10.3. The Balaban J connectivity index is 1.88. The predicted molar refractivity (Wildman–Crippen MR) is 137 cm³/mol. The molecule has 0 spiro atoms. The van der Waals surface area contributed by atoms with Crippen LogP contribution in [-0.4, -0.2) is 9.97 Å². The Bertz CT molecular complexity index is 1320. The number of hydrogen-bond acceptors (Lipinski definition) is 2. The van der Waals surface area contributed by atoms with Crippen molar-refractivity contribution in [3.8, 4) is 11.3 Å². The maximum absolute atomic E-state index is 5.18. The number of fused-ring (bicyclic) bond motifs is 3. The lowest BCUT2D eigenvalue weighted by Crippen LogP contribution is -2.04. The fraction of sp³-hybridized carbons (Fsp3) is 0.400. The average molecular weight is 423 g/mol. The molecule has 2 nitrogen and oxygen atoms in total. The molecule has 1 aliphatic rings. The minimum absolute atomic E-state index is 0.277. The fourth-order valence-corrected chi connectivity index (χ4v) is 5.92. The van der Waals surface area contributed by atoms with Crippen LogP contribution in [0, 0.1) is 27.7 Å². The number of hydrogen-bond donors (Lipinski definition) is 0. The molecule has 0 atom stereocenters. The quantitative estimate of drug-likeness (QED) is 0.309. The standard InChI is InChI=1S/C30H34N2/c1-17(2)30-31-28(24-14-18(3)13-19(4)15-24)25-12-11-23-16-20(5)26(22-9-7-8-10-22)21(6)27(23)29(25)32-30/h11-17,22H,7-10H2,1-6H3. The molecular formula is C30H34N2. The summed E-state index contributed by atoms with van der Waals surface area (Å²) < 4.78 is 0. The van der Waals surface area contributed by atoms with Gasteiger partial charge in [0.1, 0.15) is 5.82 Å². The molecule has 2 heteroatoms. The Kier molecular flexibility index (Phi) is 5.28. The van der Waals surface area contributed by atoms with Gasteiger partial charge in [0, 0.05) is 22.3 Å². The van der Waals surface area contributed by atoms with Crippen LogP contribution in [0.5, 0.6) is 0 Å². The summed E-state index contributed by atoms with van der Waals surface area (Å²) in [5.74, 6) is 1.90. The molecule has 5 rings (SSSR count). The van der Waals surface area contributed by atoms with Crippen LogP contribution in [0.1, 0.15) is 85.0 Å². The second kappa shape index (κ2) is 7.99. The highest BCUT2D eigenvalue weighted by Crippen LogP contribution is 2.42. The van der Waals surface area contributed by atoms with Crippen molar-refractivity contribution in [2.24, 2.45) is 0 Å². The Morgan fingerprint density at radius 3 is 2.19 bits per heavy atom. The summed E-state index contributed by atoms with van der Waals surface area (Å²) >= 11 is 0. The molecule has 1 heterocycles. The molecule has 3 aromatic carbocycles. The van der Waals surface area contributed by atoms with Crippen LogP contribution in [-0.2, 0) is 0 Å². The van der Waals surface area contributed by atoms with E-state index in [2.05, 4.69) is 77.9 Å². The van der Waals surface area contributed by atoms with Crippen molar-refractivity contribution >= 4 is 21.7 Å². The zero-order chi connectivity index (χ0) is 22.6. The van der Waals surface area contributed by atoms with Gasteiger partial charge in [0.05, 0.1) is 11.2 Å².